The van der Waals surface area contributed by atoms with Gasteiger partial charge in [-0.2, -0.15) is 0 Å². The highest BCUT2D eigenvalue weighted by atomic mass is 79.9. The predicted octanol–water partition coefficient (Wildman–Crippen LogP) is 5.15. The number of ether oxygens (including phenoxy) is 1. The topological polar surface area (TPSA) is 22.1 Å². The standard InChI is InChI=1S/C19H18BrNO/c20-18-9-8-17-11-16(13-21-19(17)12-18)7-4-10-22-14-15-5-2-1-3-6-15/h1-3,5-6,8-9,11-13H,4,7,10,14H2. The smallest absolute Gasteiger partial charge is 0.0716 e. The summed E-state index contributed by atoms with van der Waals surface area (Å²) in [6.07, 6.45) is 3.97. The predicted molar refractivity (Wildman–Crippen MR) is 93.9 cm³/mol. The van der Waals surface area contributed by atoms with E-state index in [1.165, 1.54) is 16.5 Å². The molecule has 0 radical (unpaired) electrons. The molecule has 0 spiro atoms. The van der Waals surface area contributed by atoms with Crippen LogP contribution in [-0.4, -0.2) is 11.6 Å². The van der Waals surface area contributed by atoms with Crippen LogP contribution in [0.4, 0.5) is 0 Å². The van der Waals surface area contributed by atoms with Gasteiger partial charge in [-0.05, 0) is 42.2 Å². The molecule has 22 heavy (non-hydrogen) atoms. The maximum Gasteiger partial charge on any atom is 0.0716 e. The molecule has 3 heteroatoms. The molecule has 0 saturated heterocycles. The molecule has 0 fully saturated rings. The molecule has 2 nitrogen and oxygen atoms in total. The van der Waals surface area contributed by atoms with Crippen molar-refractivity contribution in [3.8, 4) is 0 Å². The Hall–Kier alpha value is -1.71. The second-order valence-electron chi connectivity index (χ2n) is 5.32. The Balaban J connectivity index is 1.48. The minimum atomic E-state index is 0.685. The molecule has 0 aliphatic rings. The fourth-order valence-corrected chi connectivity index (χ4v) is 2.77. The largest absolute Gasteiger partial charge is 0.377 e. The first-order valence-electron chi connectivity index (χ1n) is 7.47. The van der Waals surface area contributed by atoms with Gasteiger partial charge in [0, 0.05) is 22.7 Å². The van der Waals surface area contributed by atoms with Crippen molar-refractivity contribution in [2.75, 3.05) is 6.61 Å². The van der Waals surface area contributed by atoms with Crippen molar-refractivity contribution in [2.24, 2.45) is 0 Å². The van der Waals surface area contributed by atoms with Gasteiger partial charge < -0.3 is 4.74 Å². The minimum Gasteiger partial charge on any atom is -0.377 e. The van der Waals surface area contributed by atoms with Gasteiger partial charge in [0.25, 0.3) is 0 Å². The Morgan fingerprint density at radius 2 is 1.82 bits per heavy atom. The van der Waals surface area contributed by atoms with Gasteiger partial charge in [-0.1, -0.05) is 52.3 Å². The second kappa shape index (κ2) is 7.52. The molecule has 3 rings (SSSR count). The number of nitrogens with zero attached hydrogens (tertiary/aromatic N) is 1. The third-order valence-electron chi connectivity index (χ3n) is 3.57. The molecular weight excluding hydrogens is 338 g/mol. The molecule has 1 aromatic heterocycles. The summed E-state index contributed by atoms with van der Waals surface area (Å²) in [5.41, 5.74) is 3.51. The fourth-order valence-electron chi connectivity index (χ4n) is 2.42. The number of pyridine rings is 1. The number of halogens is 1. The lowest BCUT2D eigenvalue weighted by molar-refractivity contribution is 0.118. The number of hydrogen-bond acceptors (Lipinski definition) is 2. The monoisotopic (exact) mass is 355 g/mol. The van der Waals surface area contributed by atoms with Crippen molar-refractivity contribution in [3.63, 3.8) is 0 Å². The Labute approximate surface area is 139 Å². The van der Waals surface area contributed by atoms with Gasteiger partial charge >= 0.3 is 0 Å². The fraction of sp³-hybridized carbons (Fsp3) is 0.211. The van der Waals surface area contributed by atoms with E-state index in [1.807, 2.05) is 30.5 Å². The van der Waals surface area contributed by atoms with Crippen molar-refractivity contribution in [1.29, 1.82) is 0 Å². The van der Waals surface area contributed by atoms with Crippen LogP contribution in [0.1, 0.15) is 17.5 Å². The van der Waals surface area contributed by atoms with Crippen LogP contribution in [-0.2, 0) is 17.8 Å². The average molecular weight is 356 g/mol. The molecule has 0 atom stereocenters. The van der Waals surface area contributed by atoms with E-state index < -0.39 is 0 Å². The molecule has 2 aromatic carbocycles. The van der Waals surface area contributed by atoms with Crippen LogP contribution in [0.5, 0.6) is 0 Å². The summed E-state index contributed by atoms with van der Waals surface area (Å²) >= 11 is 3.47. The molecule has 112 valence electrons. The van der Waals surface area contributed by atoms with E-state index >= 15 is 0 Å². The SMILES string of the molecule is Brc1ccc2cc(CCCOCc3ccccc3)cnc2c1. The molecular formula is C19H18BrNO. The number of aromatic nitrogens is 1. The summed E-state index contributed by atoms with van der Waals surface area (Å²) in [6.45, 7) is 1.46. The van der Waals surface area contributed by atoms with Gasteiger partial charge in [0.05, 0.1) is 12.1 Å². The van der Waals surface area contributed by atoms with Crippen molar-refractivity contribution >= 4 is 26.8 Å². The van der Waals surface area contributed by atoms with Crippen LogP contribution in [0.25, 0.3) is 10.9 Å². The van der Waals surface area contributed by atoms with Crippen molar-refractivity contribution in [1.82, 2.24) is 4.98 Å². The first-order valence-corrected chi connectivity index (χ1v) is 8.26. The summed E-state index contributed by atoms with van der Waals surface area (Å²) < 4.78 is 6.78. The first-order chi connectivity index (χ1) is 10.8. The normalized spacial score (nSPS) is 11.0. The molecule has 0 aliphatic heterocycles. The van der Waals surface area contributed by atoms with E-state index in [4.69, 9.17) is 4.74 Å². The van der Waals surface area contributed by atoms with E-state index in [9.17, 15) is 0 Å². The minimum absolute atomic E-state index is 0.685. The van der Waals surface area contributed by atoms with Gasteiger partial charge in [0.1, 0.15) is 0 Å². The number of fused-ring (bicyclic) bond motifs is 1. The second-order valence-corrected chi connectivity index (χ2v) is 6.24. The lowest BCUT2D eigenvalue weighted by atomic mass is 10.1. The Bertz CT molecular complexity index is 743. The van der Waals surface area contributed by atoms with E-state index in [0.29, 0.717) is 6.61 Å². The molecule has 3 aromatic rings. The zero-order valence-corrected chi connectivity index (χ0v) is 13.9. The Morgan fingerprint density at radius 1 is 0.955 bits per heavy atom. The van der Waals surface area contributed by atoms with Crippen LogP contribution >= 0.6 is 15.9 Å². The third-order valence-corrected chi connectivity index (χ3v) is 4.06. The van der Waals surface area contributed by atoms with Crippen LogP contribution < -0.4 is 0 Å². The molecule has 0 saturated carbocycles. The maximum atomic E-state index is 5.72. The molecule has 0 bridgehead atoms. The molecule has 0 amide bonds. The zero-order chi connectivity index (χ0) is 15.2. The molecule has 0 unspecified atom stereocenters. The van der Waals surface area contributed by atoms with Crippen molar-refractivity contribution in [2.45, 2.75) is 19.4 Å². The van der Waals surface area contributed by atoms with Crippen LogP contribution in [0.3, 0.4) is 0 Å². The van der Waals surface area contributed by atoms with E-state index in [-0.39, 0.29) is 0 Å². The molecule has 1 heterocycles. The number of aryl methyl sites for hydroxylation is 1. The molecule has 0 N–H and O–H groups in total. The number of rotatable bonds is 6. The van der Waals surface area contributed by atoms with Gasteiger partial charge in [-0.25, -0.2) is 0 Å². The van der Waals surface area contributed by atoms with Crippen molar-refractivity contribution < 1.29 is 4.74 Å². The summed E-state index contributed by atoms with van der Waals surface area (Å²) in [4.78, 5) is 4.52. The lowest BCUT2D eigenvalue weighted by Crippen LogP contribution is -1.98. The lowest BCUT2D eigenvalue weighted by Gasteiger charge is -2.06. The van der Waals surface area contributed by atoms with Crippen molar-refractivity contribution in [3.05, 3.63) is 76.4 Å². The van der Waals surface area contributed by atoms with E-state index in [2.05, 4.69) is 51.2 Å². The Kier molecular flexibility index (Phi) is 5.20. The summed E-state index contributed by atoms with van der Waals surface area (Å²) in [5, 5.41) is 1.19. The van der Waals surface area contributed by atoms with E-state index in [0.717, 1.165) is 29.4 Å². The highest BCUT2D eigenvalue weighted by Gasteiger charge is 2.00. The number of hydrogen-bond donors (Lipinski definition) is 0. The first kappa shape index (κ1) is 15.2. The number of benzene rings is 2. The summed E-state index contributed by atoms with van der Waals surface area (Å²) in [7, 11) is 0. The highest BCUT2D eigenvalue weighted by Crippen LogP contribution is 2.19. The van der Waals surface area contributed by atoms with Crippen LogP contribution in [0, 0.1) is 0 Å². The van der Waals surface area contributed by atoms with Gasteiger partial charge in [-0.15, -0.1) is 0 Å². The quantitative estimate of drug-likeness (QED) is 0.570. The Morgan fingerprint density at radius 3 is 2.68 bits per heavy atom. The average Bonchev–Trinajstić information content (AvgIpc) is 2.55. The van der Waals surface area contributed by atoms with Crippen LogP contribution in [0.15, 0.2) is 65.3 Å². The summed E-state index contributed by atoms with van der Waals surface area (Å²) in [6, 6.07) is 18.7. The van der Waals surface area contributed by atoms with Gasteiger partial charge in [0.2, 0.25) is 0 Å². The zero-order valence-electron chi connectivity index (χ0n) is 12.3. The van der Waals surface area contributed by atoms with Gasteiger partial charge in [0.15, 0.2) is 0 Å². The highest BCUT2D eigenvalue weighted by molar-refractivity contribution is 9.10. The van der Waals surface area contributed by atoms with Gasteiger partial charge in [-0.3, -0.25) is 4.98 Å². The molecule has 0 aliphatic carbocycles. The van der Waals surface area contributed by atoms with E-state index in [1.54, 1.807) is 0 Å². The summed E-state index contributed by atoms with van der Waals surface area (Å²) in [5.74, 6) is 0. The maximum absolute atomic E-state index is 5.72. The third kappa shape index (κ3) is 4.15. The van der Waals surface area contributed by atoms with Crippen LogP contribution in [0.2, 0.25) is 0 Å².